The average molecular weight is 338 g/mol. The average Bonchev–Trinajstić information content (AvgIpc) is 2.93. The lowest BCUT2D eigenvalue weighted by Gasteiger charge is -2.13. The van der Waals surface area contributed by atoms with Gasteiger partial charge in [-0.15, -0.1) is 0 Å². The number of aryl methyl sites for hydroxylation is 2. The molecule has 0 bridgehead atoms. The molecule has 0 unspecified atom stereocenters. The first-order chi connectivity index (χ1) is 12.0. The fourth-order valence-electron chi connectivity index (χ4n) is 2.56. The van der Waals surface area contributed by atoms with Crippen LogP contribution in [-0.2, 0) is 9.53 Å². The summed E-state index contributed by atoms with van der Waals surface area (Å²) < 4.78 is 10.2. The van der Waals surface area contributed by atoms with Crippen LogP contribution in [0.15, 0.2) is 47.0 Å². The first-order valence-corrected chi connectivity index (χ1v) is 7.89. The molecule has 1 aromatic heterocycles. The SMILES string of the molecule is Cc1noc(C)c1C(=O)O[C@H](C)C(=O)Nc1ccc2ccccc2c1. The van der Waals surface area contributed by atoms with E-state index in [0.717, 1.165) is 10.8 Å². The molecule has 0 aliphatic rings. The van der Waals surface area contributed by atoms with E-state index in [1.807, 2.05) is 42.5 Å². The van der Waals surface area contributed by atoms with Gasteiger partial charge in [0.15, 0.2) is 6.10 Å². The van der Waals surface area contributed by atoms with Gasteiger partial charge in [0.1, 0.15) is 11.3 Å². The van der Waals surface area contributed by atoms with Crippen molar-refractivity contribution in [3.63, 3.8) is 0 Å². The number of nitrogens with zero attached hydrogens (tertiary/aromatic N) is 1. The number of ether oxygens (including phenoxy) is 1. The second kappa shape index (κ2) is 6.76. The van der Waals surface area contributed by atoms with Gasteiger partial charge in [-0.05, 0) is 43.7 Å². The van der Waals surface area contributed by atoms with Crippen LogP contribution in [0.1, 0.15) is 28.7 Å². The van der Waals surface area contributed by atoms with Crippen LogP contribution in [0.25, 0.3) is 10.8 Å². The molecule has 0 radical (unpaired) electrons. The number of esters is 1. The Kier molecular flexibility index (Phi) is 4.52. The number of anilines is 1. The van der Waals surface area contributed by atoms with Gasteiger partial charge in [0.2, 0.25) is 0 Å². The van der Waals surface area contributed by atoms with E-state index in [1.54, 1.807) is 13.8 Å². The summed E-state index contributed by atoms with van der Waals surface area (Å²) in [6.45, 7) is 4.79. The standard InChI is InChI=1S/C19H18N2O4/c1-11-17(12(2)25-21-11)19(23)24-13(3)18(22)20-16-9-8-14-6-4-5-7-15(14)10-16/h4-10,13H,1-3H3,(H,20,22)/t13-/m1/s1. The van der Waals surface area contributed by atoms with E-state index in [1.165, 1.54) is 6.92 Å². The van der Waals surface area contributed by atoms with Gasteiger partial charge < -0.3 is 14.6 Å². The summed E-state index contributed by atoms with van der Waals surface area (Å²) in [5.41, 5.74) is 1.33. The van der Waals surface area contributed by atoms with Crippen LogP contribution in [0.2, 0.25) is 0 Å². The molecule has 0 aliphatic heterocycles. The molecular weight excluding hydrogens is 320 g/mol. The second-order valence-electron chi connectivity index (χ2n) is 5.80. The molecule has 1 N–H and O–H groups in total. The van der Waals surface area contributed by atoms with Gasteiger partial charge in [0, 0.05) is 5.69 Å². The van der Waals surface area contributed by atoms with Crippen LogP contribution in [0.4, 0.5) is 5.69 Å². The molecule has 128 valence electrons. The minimum absolute atomic E-state index is 0.255. The highest BCUT2D eigenvalue weighted by Gasteiger charge is 2.24. The van der Waals surface area contributed by atoms with Gasteiger partial charge in [0.05, 0.1) is 5.69 Å². The normalized spacial score (nSPS) is 12.0. The quantitative estimate of drug-likeness (QED) is 0.735. The van der Waals surface area contributed by atoms with Gasteiger partial charge in [-0.1, -0.05) is 35.5 Å². The van der Waals surface area contributed by atoms with Crippen molar-refractivity contribution in [1.29, 1.82) is 0 Å². The molecular formula is C19H18N2O4. The lowest BCUT2D eigenvalue weighted by Crippen LogP contribution is -2.30. The van der Waals surface area contributed by atoms with Crippen molar-refractivity contribution in [2.45, 2.75) is 26.9 Å². The molecule has 0 saturated carbocycles. The summed E-state index contributed by atoms with van der Waals surface area (Å²) >= 11 is 0. The Balaban J connectivity index is 1.68. The number of carbonyl (C=O) groups is 2. The number of hydrogen-bond acceptors (Lipinski definition) is 5. The largest absolute Gasteiger partial charge is 0.449 e. The van der Waals surface area contributed by atoms with Gasteiger partial charge in [0.25, 0.3) is 5.91 Å². The number of rotatable bonds is 4. The van der Waals surface area contributed by atoms with Gasteiger partial charge in [-0.2, -0.15) is 0 Å². The van der Waals surface area contributed by atoms with Crippen LogP contribution in [0.3, 0.4) is 0 Å². The van der Waals surface area contributed by atoms with Crippen molar-refractivity contribution in [3.8, 4) is 0 Å². The third-order valence-electron chi connectivity index (χ3n) is 3.91. The molecule has 1 heterocycles. The maximum Gasteiger partial charge on any atom is 0.344 e. The third-order valence-corrected chi connectivity index (χ3v) is 3.91. The molecule has 2 aromatic carbocycles. The molecule has 6 heteroatoms. The predicted octanol–water partition coefficient (Wildman–Crippen LogP) is 3.63. The number of nitrogens with one attached hydrogen (secondary N) is 1. The minimum atomic E-state index is -0.951. The highest BCUT2D eigenvalue weighted by atomic mass is 16.5. The van der Waals surface area contributed by atoms with Crippen LogP contribution in [0.5, 0.6) is 0 Å². The summed E-state index contributed by atoms with van der Waals surface area (Å²) in [5, 5.41) is 8.56. The third kappa shape index (κ3) is 3.52. The molecule has 0 aliphatic carbocycles. The van der Waals surface area contributed by atoms with E-state index in [9.17, 15) is 9.59 Å². The number of fused-ring (bicyclic) bond motifs is 1. The minimum Gasteiger partial charge on any atom is -0.449 e. The Morgan fingerprint density at radius 3 is 2.52 bits per heavy atom. The van der Waals surface area contributed by atoms with Crippen LogP contribution >= 0.6 is 0 Å². The van der Waals surface area contributed by atoms with Crippen LogP contribution in [0, 0.1) is 13.8 Å². The molecule has 3 aromatic rings. The number of carbonyl (C=O) groups excluding carboxylic acids is 2. The van der Waals surface area contributed by atoms with Crippen LogP contribution in [-0.4, -0.2) is 23.1 Å². The van der Waals surface area contributed by atoms with Crippen molar-refractivity contribution < 1.29 is 18.8 Å². The zero-order chi connectivity index (χ0) is 18.0. The number of aromatic nitrogens is 1. The Morgan fingerprint density at radius 2 is 1.84 bits per heavy atom. The van der Waals surface area contributed by atoms with Gasteiger partial charge >= 0.3 is 5.97 Å². The molecule has 1 amide bonds. The molecule has 0 fully saturated rings. The van der Waals surface area contributed by atoms with Crippen LogP contribution < -0.4 is 5.32 Å². The maximum absolute atomic E-state index is 12.3. The lowest BCUT2D eigenvalue weighted by atomic mass is 10.1. The van der Waals surface area contributed by atoms with E-state index in [4.69, 9.17) is 9.26 Å². The summed E-state index contributed by atoms with van der Waals surface area (Å²) in [4.78, 5) is 24.5. The Morgan fingerprint density at radius 1 is 1.12 bits per heavy atom. The van der Waals surface area contributed by atoms with Gasteiger partial charge in [-0.3, -0.25) is 4.79 Å². The van der Waals surface area contributed by atoms with E-state index in [0.29, 0.717) is 17.1 Å². The monoisotopic (exact) mass is 338 g/mol. The first kappa shape index (κ1) is 16.7. The highest BCUT2D eigenvalue weighted by Crippen LogP contribution is 2.19. The summed E-state index contributed by atoms with van der Waals surface area (Å²) in [5.74, 6) is -0.669. The van der Waals surface area contributed by atoms with Crippen molar-refractivity contribution in [2.24, 2.45) is 0 Å². The van der Waals surface area contributed by atoms with E-state index in [2.05, 4.69) is 10.5 Å². The number of amides is 1. The molecule has 0 spiro atoms. The van der Waals surface area contributed by atoms with E-state index >= 15 is 0 Å². The fraction of sp³-hybridized carbons (Fsp3) is 0.211. The fourth-order valence-corrected chi connectivity index (χ4v) is 2.56. The molecule has 3 rings (SSSR count). The Labute approximate surface area is 144 Å². The van der Waals surface area contributed by atoms with Gasteiger partial charge in [-0.25, -0.2) is 4.79 Å². The summed E-state index contributed by atoms with van der Waals surface area (Å²) in [7, 11) is 0. The van der Waals surface area contributed by atoms with E-state index in [-0.39, 0.29) is 5.56 Å². The first-order valence-electron chi connectivity index (χ1n) is 7.89. The second-order valence-corrected chi connectivity index (χ2v) is 5.80. The lowest BCUT2D eigenvalue weighted by molar-refractivity contribution is -0.123. The van der Waals surface area contributed by atoms with Crippen molar-refractivity contribution in [2.75, 3.05) is 5.32 Å². The Hall–Kier alpha value is -3.15. The Bertz CT molecular complexity index is 926. The summed E-state index contributed by atoms with van der Waals surface area (Å²) in [6.07, 6.45) is -0.951. The number of benzene rings is 2. The summed E-state index contributed by atoms with van der Waals surface area (Å²) in [6, 6.07) is 13.4. The topological polar surface area (TPSA) is 81.4 Å². The van der Waals surface area contributed by atoms with E-state index < -0.39 is 18.0 Å². The molecule has 1 atom stereocenters. The van der Waals surface area contributed by atoms with Crippen molar-refractivity contribution >= 4 is 28.3 Å². The zero-order valence-corrected chi connectivity index (χ0v) is 14.2. The predicted molar refractivity (Wildman–Crippen MR) is 93.4 cm³/mol. The molecule has 25 heavy (non-hydrogen) atoms. The van der Waals surface area contributed by atoms with Crippen molar-refractivity contribution in [1.82, 2.24) is 5.16 Å². The highest BCUT2D eigenvalue weighted by molar-refractivity contribution is 5.99. The zero-order valence-electron chi connectivity index (χ0n) is 14.2. The molecule has 6 nitrogen and oxygen atoms in total. The number of hydrogen-bond donors (Lipinski definition) is 1. The smallest absolute Gasteiger partial charge is 0.344 e. The maximum atomic E-state index is 12.3. The van der Waals surface area contributed by atoms with Crippen molar-refractivity contribution in [3.05, 3.63) is 59.5 Å². The molecule has 0 saturated heterocycles.